The summed E-state index contributed by atoms with van der Waals surface area (Å²) < 4.78 is 0. The Morgan fingerprint density at radius 1 is 1.10 bits per heavy atom. The van der Waals surface area contributed by atoms with Crippen molar-refractivity contribution in [3.8, 4) is 0 Å². The van der Waals surface area contributed by atoms with E-state index < -0.39 is 5.97 Å². The zero-order chi connectivity index (χ0) is 14.7. The first-order chi connectivity index (χ1) is 9.49. The highest BCUT2D eigenvalue weighted by Gasteiger charge is 2.10. The van der Waals surface area contributed by atoms with Crippen LogP contribution in [0.15, 0.2) is 36.4 Å². The van der Waals surface area contributed by atoms with E-state index in [-0.39, 0.29) is 5.56 Å². The Labute approximate surface area is 131 Å². The molecular formula is C14H10Cl3NO2. The molecule has 0 aliphatic heterocycles. The van der Waals surface area contributed by atoms with Crippen molar-refractivity contribution in [1.29, 1.82) is 0 Å². The molecule has 0 unspecified atom stereocenters. The highest BCUT2D eigenvalue weighted by Crippen LogP contribution is 2.31. The van der Waals surface area contributed by atoms with E-state index in [1.165, 1.54) is 12.1 Å². The van der Waals surface area contributed by atoms with Gasteiger partial charge in [-0.2, -0.15) is 0 Å². The molecule has 6 heteroatoms. The number of nitrogens with one attached hydrogen (secondary N) is 1. The minimum Gasteiger partial charge on any atom is -0.478 e. The molecule has 3 nitrogen and oxygen atoms in total. The summed E-state index contributed by atoms with van der Waals surface area (Å²) in [5.74, 6) is -0.979. The summed E-state index contributed by atoms with van der Waals surface area (Å²) in [5, 5.41) is 13.3. The Balaban J connectivity index is 2.19. The summed E-state index contributed by atoms with van der Waals surface area (Å²) in [6, 6.07) is 9.77. The molecule has 0 aromatic heterocycles. The first-order valence-electron chi connectivity index (χ1n) is 5.68. The number of halogens is 3. The molecule has 0 bridgehead atoms. The van der Waals surface area contributed by atoms with E-state index in [2.05, 4.69) is 5.32 Å². The van der Waals surface area contributed by atoms with Gasteiger partial charge in [0.15, 0.2) is 0 Å². The van der Waals surface area contributed by atoms with Crippen LogP contribution in [-0.2, 0) is 6.54 Å². The second kappa shape index (κ2) is 6.35. The molecule has 20 heavy (non-hydrogen) atoms. The number of carboxylic acid groups (broad SMARTS) is 1. The van der Waals surface area contributed by atoms with Crippen molar-refractivity contribution < 1.29 is 9.90 Å². The van der Waals surface area contributed by atoms with Gasteiger partial charge >= 0.3 is 5.97 Å². The van der Waals surface area contributed by atoms with Crippen LogP contribution in [0.4, 0.5) is 5.69 Å². The average Bonchev–Trinajstić information content (AvgIpc) is 2.43. The second-order valence-corrected chi connectivity index (χ2v) is 5.25. The zero-order valence-corrected chi connectivity index (χ0v) is 12.4. The lowest BCUT2D eigenvalue weighted by molar-refractivity contribution is 0.0697. The molecule has 2 N–H and O–H groups in total. The van der Waals surface area contributed by atoms with Crippen LogP contribution >= 0.6 is 34.8 Å². The van der Waals surface area contributed by atoms with Crippen LogP contribution in [0.1, 0.15) is 15.9 Å². The monoisotopic (exact) mass is 329 g/mol. The third-order valence-electron chi connectivity index (χ3n) is 2.72. The predicted octanol–water partition coefficient (Wildman–Crippen LogP) is 4.96. The molecule has 0 amide bonds. The SMILES string of the molecule is O=C(O)c1cccc(NCc2c(Cl)ccc(Cl)c2Cl)c1. The maximum atomic E-state index is 10.9. The van der Waals surface area contributed by atoms with Gasteiger partial charge in [0, 0.05) is 22.8 Å². The summed E-state index contributed by atoms with van der Waals surface area (Å²) in [5.41, 5.74) is 1.54. The van der Waals surface area contributed by atoms with Crippen LogP contribution in [0.2, 0.25) is 15.1 Å². The Bertz CT molecular complexity index is 659. The van der Waals surface area contributed by atoms with Crippen LogP contribution in [0.25, 0.3) is 0 Å². The zero-order valence-electron chi connectivity index (χ0n) is 10.2. The Morgan fingerprint density at radius 2 is 1.80 bits per heavy atom. The maximum Gasteiger partial charge on any atom is 0.335 e. The van der Waals surface area contributed by atoms with Gasteiger partial charge in [0.25, 0.3) is 0 Å². The highest BCUT2D eigenvalue weighted by molar-refractivity contribution is 6.44. The fourth-order valence-electron chi connectivity index (χ4n) is 1.68. The van der Waals surface area contributed by atoms with Crippen molar-refractivity contribution >= 4 is 46.5 Å². The van der Waals surface area contributed by atoms with Crippen molar-refractivity contribution in [2.45, 2.75) is 6.54 Å². The van der Waals surface area contributed by atoms with Gasteiger partial charge in [-0.25, -0.2) is 4.79 Å². The van der Waals surface area contributed by atoms with E-state index >= 15 is 0 Å². The summed E-state index contributed by atoms with van der Waals surface area (Å²) >= 11 is 18.1. The van der Waals surface area contributed by atoms with Crippen LogP contribution in [0, 0.1) is 0 Å². The van der Waals surface area contributed by atoms with Crippen molar-refractivity contribution in [1.82, 2.24) is 0 Å². The second-order valence-electron chi connectivity index (χ2n) is 4.06. The topological polar surface area (TPSA) is 49.3 Å². The molecule has 0 aliphatic carbocycles. The van der Waals surface area contributed by atoms with Crippen molar-refractivity contribution in [3.63, 3.8) is 0 Å². The Kier molecular flexibility index (Phi) is 4.76. The number of carbonyl (C=O) groups is 1. The molecule has 104 valence electrons. The first-order valence-corrected chi connectivity index (χ1v) is 6.82. The van der Waals surface area contributed by atoms with Gasteiger partial charge in [-0.05, 0) is 30.3 Å². The molecule has 0 spiro atoms. The van der Waals surface area contributed by atoms with Gasteiger partial charge in [0.1, 0.15) is 0 Å². The van der Waals surface area contributed by atoms with E-state index in [1.807, 2.05) is 0 Å². The van der Waals surface area contributed by atoms with Gasteiger partial charge < -0.3 is 10.4 Å². The molecule has 2 rings (SSSR count). The largest absolute Gasteiger partial charge is 0.478 e. The Morgan fingerprint density at radius 3 is 2.50 bits per heavy atom. The minimum absolute atomic E-state index is 0.207. The smallest absolute Gasteiger partial charge is 0.335 e. The van der Waals surface area contributed by atoms with Gasteiger partial charge in [0.2, 0.25) is 0 Å². The number of anilines is 1. The average molecular weight is 331 g/mol. The molecule has 0 radical (unpaired) electrons. The standard InChI is InChI=1S/C14H10Cl3NO2/c15-11-4-5-12(16)13(17)10(11)7-18-9-3-1-2-8(6-9)14(19)20/h1-6,18H,7H2,(H,19,20). The predicted molar refractivity (Wildman–Crippen MR) is 82.2 cm³/mol. The fourth-order valence-corrected chi connectivity index (χ4v) is 2.37. The van der Waals surface area contributed by atoms with E-state index in [9.17, 15) is 4.79 Å². The van der Waals surface area contributed by atoms with E-state index in [0.717, 1.165) is 0 Å². The minimum atomic E-state index is -0.979. The van der Waals surface area contributed by atoms with Gasteiger partial charge in [-0.3, -0.25) is 0 Å². The number of benzene rings is 2. The lowest BCUT2D eigenvalue weighted by atomic mass is 10.2. The lowest BCUT2D eigenvalue weighted by Gasteiger charge is -2.11. The van der Waals surface area contributed by atoms with Crippen molar-refractivity contribution in [3.05, 3.63) is 62.6 Å². The summed E-state index contributed by atoms with van der Waals surface area (Å²) in [4.78, 5) is 10.9. The molecular weight excluding hydrogens is 321 g/mol. The number of aromatic carboxylic acids is 1. The van der Waals surface area contributed by atoms with Gasteiger partial charge in [-0.1, -0.05) is 40.9 Å². The van der Waals surface area contributed by atoms with E-state index in [1.54, 1.807) is 24.3 Å². The molecule has 0 saturated heterocycles. The molecule has 0 heterocycles. The quantitative estimate of drug-likeness (QED) is 0.779. The Hall–Kier alpha value is -1.42. The fraction of sp³-hybridized carbons (Fsp3) is 0.0714. The third kappa shape index (κ3) is 3.37. The molecule has 0 saturated carbocycles. The highest BCUT2D eigenvalue weighted by atomic mass is 35.5. The van der Waals surface area contributed by atoms with Crippen LogP contribution in [-0.4, -0.2) is 11.1 Å². The summed E-state index contributed by atoms with van der Waals surface area (Å²) in [6.45, 7) is 0.349. The molecule has 2 aromatic rings. The van der Waals surface area contributed by atoms with E-state index in [4.69, 9.17) is 39.9 Å². The number of carboxylic acids is 1. The number of rotatable bonds is 4. The first kappa shape index (κ1) is 15.0. The van der Waals surface area contributed by atoms with Crippen LogP contribution in [0.5, 0.6) is 0 Å². The van der Waals surface area contributed by atoms with Gasteiger partial charge in [-0.15, -0.1) is 0 Å². The number of hydrogen-bond acceptors (Lipinski definition) is 2. The summed E-state index contributed by atoms with van der Waals surface area (Å²) in [6.07, 6.45) is 0. The lowest BCUT2D eigenvalue weighted by Crippen LogP contribution is -2.03. The van der Waals surface area contributed by atoms with Crippen molar-refractivity contribution in [2.75, 3.05) is 5.32 Å². The van der Waals surface area contributed by atoms with E-state index in [0.29, 0.717) is 32.9 Å². The molecule has 0 atom stereocenters. The molecule has 0 fully saturated rings. The van der Waals surface area contributed by atoms with Gasteiger partial charge in [0.05, 0.1) is 15.6 Å². The number of hydrogen-bond donors (Lipinski definition) is 2. The molecule has 0 aliphatic rings. The molecule has 2 aromatic carbocycles. The van der Waals surface area contributed by atoms with Crippen LogP contribution < -0.4 is 5.32 Å². The van der Waals surface area contributed by atoms with Crippen LogP contribution in [0.3, 0.4) is 0 Å². The maximum absolute atomic E-state index is 10.9. The van der Waals surface area contributed by atoms with Crippen molar-refractivity contribution in [2.24, 2.45) is 0 Å². The summed E-state index contributed by atoms with van der Waals surface area (Å²) in [7, 11) is 0. The normalized spacial score (nSPS) is 10.3. The third-order valence-corrected chi connectivity index (χ3v) is 3.92.